The molecule has 0 spiro atoms. The number of rotatable bonds is 3. The Balaban J connectivity index is 0.000000385. The number of carboxylic acids is 2. The van der Waals surface area contributed by atoms with Crippen molar-refractivity contribution in [2.24, 2.45) is 0 Å². The maximum absolute atomic E-state index is 9.10. The Labute approximate surface area is 196 Å². The Morgan fingerprint density at radius 1 is 1.09 bits per heavy atom. The third-order valence-electron chi connectivity index (χ3n) is 6.00. The summed E-state index contributed by atoms with van der Waals surface area (Å²) < 4.78 is 9.05. The van der Waals surface area contributed by atoms with Crippen molar-refractivity contribution < 1.29 is 24.5 Å². The lowest BCUT2D eigenvalue weighted by Crippen LogP contribution is -2.35. The van der Waals surface area contributed by atoms with Gasteiger partial charge in [-0.15, -0.1) is 0 Å². The first kappa shape index (κ1) is 23.2. The molecule has 0 bridgehead atoms. The highest BCUT2D eigenvalue weighted by atomic mass is 32.1. The summed E-state index contributed by atoms with van der Waals surface area (Å²) in [6, 6.07) is 10.9. The van der Waals surface area contributed by atoms with Gasteiger partial charge >= 0.3 is 11.9 Å². The maximum atomic E-state index is 9.10. The first-order chi connectivity index (χ1) is 15.9. The van der Waals surface area contributed by atoms with Crippen molar-refractivity contribution in [1.29, 1.82) is 0 Å². The minimum absolute atomic E-state index is 0.0792. The summed E-state index contributed by atoms with van der Waals surface area (Å²) in [7, 11) is 2.19. The van der Waals surface area contributed by atoms with Crippen LogP contribution in [0.2, 0.25) is 0 Å². The number of piperidine rings is 1. The van der Waals surface area contributed by atoms with E-state index in [-0.39, 0.29) is 6.10 Å². The largest absolute Gasteiger partial charge is 0.473 e. The molecule has 2 aromatic heterocycles. The highest BCUT2D eigenvalue weighted by molar-refractivity contribution is 7.08. The van der Waals surface area contributed by atoms with E-state index in [1.807, 2.05) is 0 Å². The first-order valence-corrected chi connectivity index (χ1v) is 11.8. The van der Waals surface area contributed by atoms with Crippen LogP contribution in [0.1, 0.15) is 35.9 Å². The number of likely N-dealkylation sites (tertiary alicyclic amines) is 1. The summed E-state index contributed by atoms with van der Waals surface area (Å²) >= 11 is 1.72. The van der Waals surface area contributed by atoms with Crippen molar-refractivity contribution in [3.8, 4) is 11.3 Å². The van der Waals surface area contributed by atoms with Gasteiger partial charge in [0.05, 0.1) is 11.8 Å². The number of carbonyl (C=O) groups is 2. The molecule has 2 aliphatic heterocycles. The molecule has 8 nitrogen and oxygen atoms in total. The number of ether oxygens (including phenoxy) is 1. The number of thiophene rings is 1. The molecule has 9 heteroatoms. The van der Waals surface area contributed by atoms with Crippen LogP contribution in [0.15, 0.2) is 47.3 Å². The van der Waals surface area contributed by atoms with E-state index in [0.717, 1.165) is 50.4 Å². The summed E-state index contributed by atoms with van der Waals surface area (Å²) in [5.74, 6) is -2.59. The molecule has 2 aliphatic rings. The van der Waals surface area contributed by atoms with E-state index in [9.17, 15) is 0 Å². The zero-order valence-corrected chi connectivity index (χ0v) is 19.2. The maximum Gasteiger partial charge on any atom is 0.414 e. The SMILES string of the molecule is CN1CCC(OC2c3ccccc3CCn3cc(-c4ccsc4)nc32)CC1.O=C(O)C(=O)O. The number of aliphatic carboxylic acids is 2. The minimum atomic E-state index is -1.82. The van der Waals surface area contributed by atoms with E-state index in [1.54, 1.807) is 11.3 Å². The minimum Gasteiger partial charge on any atom is -0.473 e. The molecule has 33 heavy (non-hydrogen) atoms. The third-order valence-corrected chi connectivity index (χ3v) is 6.68. The number of fused-ring (bicyclic) bond motifs is 2. The van der Waals surface area contributed by atoms with Gasteiger partial charge in [0, 0.05) is 36.8 Å². The summed E-state index contributed by atoms with van der Waals surface area (Å²) in [6.45, 7) is 3.16. The number of nitrogens with zero attached hydrogens (tertiary/aromatic N) is 3. The van der Waals surface area contributed by atoms with Crippen LogP contribution in [0.5, 0.6) is 0 Å². The summed E-state index contributed by atoms with van der Waals surface area (Å²) in [6.07, 6.45) is 5.63. The fourth-order valence-electron chi connectivity index (χ4n) is 4.21. The molecular weight excluding hydrogens is 442 g/mol. The van der Waals surface area contributed by atoms with Gasteiger partial charge in [0.25, 0.3) is 0 Å². The van der Waals surface area contributed by atoms with Crippen molar-refractivity contribution in [2.75, 3.05) is 20.1 Å². The summed E-state index contributed by atoms with van der Waals surface area (Å²) in [5, 5.41) is 19.1. The molecule has 1 fully saturated rings. The molecule has 2 N–H and O–H groups in total. The van der Waals surface area contributed by atoms with E-state index in [0.29, 0.717) is 6.10 Å². The fraction of sp³-hybridized carbons (Fsp3) is 0.375. The average molecular weight is 470 g/mol. The van der Waals surface area contributed by atoms with Crippen LogP contribution in [0.3, 0.4) is 0 Å². The van der Waals surface area contributed by atoms with Gasteiger partial charge in [0.15, 0.2) is 0 Å². The van der Waals surface area contributed by atoms with Crippen molar-refractivity contribution >= 4 is 23.3 Å². The Morgan fingerprint density at radius 3 is 2.48 bits per heavy atom. The molecule has 174 valence electrons. The predicted molar refractivity (Wildman–Crippen MR) is 124 cm³/mol. The molecule has 4 heterocycles. The van der Waals surface area contributed by atoms with E-state index in [2.05, 4.69) is 63.8 Å². The lowest BCUT2D eigenvalue weighted by Gasteiger charge is -2.32. The van der Waals surface area contributed by atoms with Crippen LogP contribution in [0.25, 0.3) is 11.3 Å². The van der Waals surface area contributed by atoms with Gasteiger partial charge in [0.1, 0.15) is 11.9 Å². The van der Waals surface area contributed by atoms with Gasteiger partial charge in [-0.1, -0.05) is 24.3 Å². The normalized spacial score (nSPS) is 18.4. The molecule has 1 aromatic carbocycles. The molecule has 1 unspecified atom stereocenters. The van der Waals surface area contributed by atoms with Crippen molar-refractivity contribution in [1.82, 2.24) is 14.5 Å². The quantitative estimate of drug-likeness (QED) is 0.566. The number of imidazole rings is 1. The van der Waals surface area contributed by atoms with Crippen LogP contribution in [0.4, 0.5) is 0 Å². The molecule has 0 aliphatic carbocycles. The Kier molecular flexibility index (Phi) is 7.22. The first-order valence-electron chi connectivity index (χ1n) is 10.9. The molecule has 1 atom stereocenters. The number of aryl methyl sites for hydroxylation is 2. The Bertz CT molecular complexity index is 1090. The van der Waals surface area contributed by atoms with Gasteiger partial charge in [-0.3, -0.25) is 0 Å². The second-order valence-corrected chi connectivity index (χ2v) is 9.05. The number of aromatic nitrogens is 2. The summed E-state index contributed by atoms with van der Waals surface area (Å²) in [4.78, 5) is 25.6. The smallest absolute Gasteiger partial charge is 0.414 e. The zero-order chi connectivity index (χ0) is 23.4. The molecule has 3 aromatic rings. The molecule has 1 saturated heterocycles. The van der Waals surface area contributed by atoms with Gasteiger partial charge in [-0.25, -0.2) is 14.6 Å². The van der Waals surface area contributed by atoms with Crippen molar-refractivity contribution in [2.45, 2.75) is 38.0 Å². The Morgan fingerprint density at radius 2 is 1.82 bits per heavy atom. The van der Waals surface area contributed by atoms with E-state index < -0.39 is 11.9 Å². The second kappa shape index (κ2) is 10.3. The topological polar surface area (TPSA) is 105 Å². The lowest BCUT2D eigenvalue weighted by molar-refractivity contribution is -0.159. The van der Waals surface area contributed by atoms with Crippen molar-refractivity contribution in [3.63, 3.8) is 0 Å². The molecule has 0 radical (unpaired) electrons. The average Bonchev–Trinajstić information content (AvgIpc) is 3.46. The number of hydrogen-bond acceptors (Lipinski definition) is 6. The van der Waals surface area contributed by atoms with Crippen LogP contribution in [-0.4, -0.2) is 62.8 Å². The predicted octanol–water partition coefficient (Wildman–Crippen LogP) is 3.52. The van der Waals surface area contributed by atoms with Crippen molar-refractivity contribution in [3.05, 3.63) is 64.2 Å². The fourth-order valence-corrected chi connectivity index (χ4v) is 4.86. The highest BCUT2D eigenvalue weighted by Crippen LogP contribution is 2.36. The van der Waals surface area contributed by atoms with E-state index in [4.69, 9.17) is 29.5 Å². The van der Waals surface area contributed by atoms with Gasteiger partial charge < -0.3 is 24.4 Å². The Hall–Kier alpha value is -3.01. The monoisotopic (exact) mass is 469 g/mol. The third kappa shape index (κ3) is 5.50. The number of hydrogen-bond donors (Lipinski definition) is 2. The molecule has 0 amide bonds. The zero-order valence-electron chi connectivity index (χ0n) is 18.4. The van der Waals surface area contributed by atoms with Gasteiger partial charge in [-0.2, -0.15) is 11.3 Å². The number of carboxylic acid groups (broad SMARTS) is 2. The van der Waals surface area contributed by atoms with Crippen LogP contribution in [0, 0.1) is 0 Å². The summed E-state index contributed by atoms with van der Waals surface area (Å²) in [5.41, 5.74) is 4.94. The van der Waals surface area contributed by atoms with E-state index >= 15 is 0 Å². The van der Waals surface area contributed by atoms with Crippen LogP contribution in [-0.2, 0) is 27.3 Å². The van der Waals surface area contributed by atoms with E-state index in [1.165, 1.54) is 16.7 Å². The molecule has 5 rings (SSSR count). The van der Waals surface area contributed by atoms with Gasteiger partial charge in [-0.05, 0) is 48.9 Å². The number of benzene rings is 1. The second-order valence-electron chi connectivity index (χ2n) is 8.27. The highest BCUT2D eigenvalue weighted by Gasteiger charge is 2.30. The molecular formula is C24H27N3O5S. The van der Waals surface area contributed by atoms with Crippen LogP contribution < -0.4 is 0 Å². The van der Waals surface area contributed by atoms with Crippen LogP contribution >= 0.6 is 11.3 Å². The molecule has 0 saturated carbocycles. The lowest BCUT2D eigenvalue weighted by atomic mass is 10.00. The standard InChI is InChI=1S/C22H25N3OS.C2H2O4/c1-24-10-7-18(8-11-24)26-21-19-5-3-2-4-16(19)6-12-25-14-20(23-22(21)25)17-9-13-27-15-17;3-1(4)2(5)6/h2-5,9,13-15,18,21H,6-8,10-12H2,1H3;(H,3,4)(H,5,6). The van der Waals surface area contributed by atoms with Gasteiger partial charge in [0.2, 0.25) is 0 Å².